The lowest BCUT2D eigenvalue weighted by molar-refractivity contribution is -0.126. The highest BCUT2D eigenvalue weighted by molar-refractivity contribution is 7.13. The molecule has 0 unspecified atom stereocenters. The van der Waals surface area contributed by atoms with Crippen LogP contribution in [0.2, 0.25) is 0 Å². The minimum absolute atomic E-state index is 0.00687. The molecule has 3 rings (SSSR count). The number of thiophene rings is 1. The maximum atomic E-state index is 11.8. The lowest BCUT2D eigenvalue weighted by Gasteiger charge is -2.07. The lowest BCUT2D eigenvalue weighted by Crippen LogP contribution is -2.27. The Hall–Kier alpha value is -2.44. The first kappa shape index (κ1) is 16.4. The summed E-state index contributed by atoms with van der Waals surface area (Å²) in [5, 5.41) is 8.78. The number of aryl methyl sites for hydroxylation is 1. The number of rotatable bonds is 7. The fourth-order valence-electron chi connectivity index (χ4n) is 2.22. The van der Waals surface area contributed by atoms with Gasteiger partial charge in [0.1, 0.15) is 12.3 Å². The normalized spacial score (nSPS) is 10.7. The van der Waals surface area contributed by atoms with Gasteiger partial charge in [0, 0.05) is 12.6 Å². The van der Waals surface area contributed by atoms with Crippen molar-refractivity contribution in [3.8, 4) is 10.6 Å². The Morgan fingerprint density at radius 1 is 1.29 bits per heavy atom. The summed E-state index contributed by atoms with van der Waals surface area (Å²) in [6.07, 6.45) is 0. The van der Waals surface area contributed by atoms with Gasteiger partial charge in [0.05, 0.1) is 11.5 Å². The van der Waals surface area contributed by atoms with Crippen LogP contribution in [0.1, 0.15) is 16.8 Å². The van der Waals surface area contributed by atoms with Gasteiger partial charge < -0.3 is 14.6 Å². The first-order valence-corrected chi connectivity index (χ1v) is 8.49. The summed E-state index contributed by atoms with van der Waals surface area (Å²) in [6, 6.07) is 13.7. The van der Waals surface area contributed by atoms with Crippen LogP contribution in [0.4, 0.5) is 0 Å². The summed E-state index contributed by atoms with van der Waals surface area (Å²) in [4.78, 5) is 12.8. The molecule has 0 saturated carbocycles. The van der Waals surface area contributed by atoms with Crippen molar-refractivity contribution in [1.29, 1.82) is 0 Å². The van der Waals surface area contributed by atoms with E-state index in [1.54, 1.807) is 11.3 Å². The molecule has 0 atom stereocenters. The fourth-order valence-corrected chi connectivity index (χ4v) is 2.89. The van der Waals surface area contributed by atoms with E-state index in [-0.39, 0.29) is 19.1 Å². The van der Waals surface area contributed by atoms with E-state index in [4.69, 9.17) is 9.26 Å². The average Bonchev–Trinajstić information content (AvgIpc) is 3.25. The highest BCUT2D eigenvalue weighted by Crippen LogP contribution is 2.25. The van der Waals surface area contributed by atoms with Crippen LogP contribution < -0.4 is 5.32 Å². The number of benzene rings is 1. The molecule has 0 bridgehead atoms. The molecule has 1 amide bonds. The summed E-state index contributed by atoms with van der Waals surface area (Å²) < 4.78 is 10.7. The largest absolute Gasteiger partial charge is 0.365 e. The predicted molar refractivity (Wildman–Crippen MR) is 92.5 cm³/mol. The Labute approximate surface area is 144 Å². The molecule has 0 saturated heterocycles. The third kappa shape index (κ3) is 4.31. The van der Waals surface area contributed by atoms with Gasteiger partial charge in [-0.1, -0.05) is 35.5 Å². The molecule has 6 heteroatoms. The molecular formula is C18H18N2O3S. The third-order valence-electron chi connectivity index (χ3n) is 3.54. The van der Waals surface area contributed by atoms with Crippen LogP contribution >= 0.6 is 11.3 Å². The number of ether oxygens (including phenoxy) is 1. The number of carbonyl (C=O) groups excluding carboxylic acids is 1. The van der Waals surface area contributed by atoms with Gasteiger partial charge in [0.25, 0.3) is 0 Å². The van der Waals surface area contributed by atoms with E-state index < -0.39 is 0 Å². The topological polar surface area (TPSA) is 64.4 Å². The third-order valence-corrected chi connectivity index (χ3v) is 4.43. The van der Waals surface area contributed by atoms with Crippen LogP contribution in [0.25, 0.3) is 10.6 Å². The van der Waals surface area contributed by atoms with E-state index in [9.17, 15) is 4.79 Å². The second-order valence-electron chi connectivity index (χ2n) is 5.36. The van der Waals surface area contributed by atoms with Gasteiger partial charge in [-0.05, 0) is 29.5 Å². The number of nitrogens with zero attached hydrogens (tertiary/aromatic N) is 1. The van der Waals surface area contributed by atoms with Crippen molar-refractivity contribution in [3.05, 3.63) is 64.7 Å². The molecule has 1 aromatic carbocycles. The zero-order valence-electron chi connectivity index (χ0n) is 13.3. The van der Waals surface area contributed by atoms with E-state index >= 15 is 0 Å². The van der Waals surface area contributed by atoms with Crippen molar-refractivity contribution < 1.29 is 14.1 Å². The van der Waals surface area contributed by atoms with Crippen molar-refractivity contribution in [3.63, 3.8) is 0 Å². The summed E-state index contributed by atoms with van der Waals surface area (Å²) >= 11 is 1.59. The molecular weight excluding hydrogens is 324 g/mol. The number of amides is 1. The van der Waals surface area contributed by atoms with Gasteiger partial charge in [-0.25, -0.2) is 0 Å². The summed E-state index contributed by atoms with van der Waals surface area (Å²) in [5.74, 6) is 0.563. The monoisotopic (exact) mass is 342 g/mol. The number of hydrogen-bond donors (Lipinski definition) is 1. The van der Waals surface area contributed by atoms with Crippen LogP contribution in [0.3, 0.4) is 0 Å². The average molecular weight is 342 g/mol. The molecule has 0 aliphatic heterocycles. The Morgan fingerprint density at radius 2 is 2.17 bits per heavy atom. The summed E-state index contributed by atoms with van der Waals surface area (Å²) in [6.45, 7) is 2.76. The Morgan fingerprint density at radius 3 is 2.96 bits per heavy atom. The van der Waals surface area contributed by atoms with E-state index in [0.29, 0.717) is 18.0 Å². The fraction of sp³-hybridized carbons (Fsp3) is 0.222. The molecule has 0 fully saturated rings. The molecule has 5 nitrogen and oxygen atoms in total. The minimum Gasteiger partial charge on any atom is -0.365 e. The van der Waals surface area contributed by atoms with Gasteiger partial charge in [-0.2, -0.15) is 0 Å². The van der Waals surface area contributed by atoms with Crippen molar-refractivity contribution in [2.24, 2.45) is 0 Å². The van der Waals surface area contributed by atoms with Crippen LogP contribution in [0.5, 0.6) is 0 Å². The Bertz CT molecular complexity index is 796. The quantitative estimate of drug-likeness (QED) is 0.713. The van der Waals surface area contributed by atoms with Crippen LogP contribution in [0, 0.1) is 6.92 Å². The summed E-state index contributed by atoms with van der Waals surface area (Å²) in [7, 11) is 0. The standard InChI is InChI=1S/C18H18N2O3S/c1-13-5-2-3-6-14(13)10-19-18(21)12-22-11-15-9-16(23-20-15)17-7-4-8-24-17/h2-9H,10-12H2,1H3,(H,19,21). The zero-order valence-corrected chi connectivity index (χ0v) is 14.1. The Balaban J connectivity index is 1.41. The molecule has 0 spiro atoms. The molecule has 0 aliphatic carbocycles. The van der Waals surface area contributed by atoms with Crippen LogP contribution in [-0.2, 0) is 22.7 Å². The molecule has 124 valence electrons. The Kier molecular flexibility index (Phi) is 5.40. The van der Waals surface area contributed by atoms with Crippen molar-refractivity contribution in [2.75, 3.05) is 6.61 Å². The second-order valence-corrected chi connectivity index (χ2v) is 6.30. The molecule has 3 aromatic rings. The lowest BCUT2D eigenvalue weighted by atomic mass is 10.1. The van der Waals surface area contributed by atoms with Gasteiger partial charge in [-0.15, -0.1) is 11.3 Å². The van der Waals surface area contributed by atoms with Crippen molar-refractivity contribution >= 4 is 17.2 Å². The second kappa shape index (κ2) is 7.90. The number of nitrogens with one attached hydrogen (secondary N) is 1. The predicted octanol–water partition coefficient (Wildman–Crippen LogP) is 3.54. The molecule has 0 aliphatic rings. The summed E-state index contributed by atoms with van der Waals surface area (Å²) in [5.41, 5.74) is 2.93. The highest BCUT2D eigenvalue weighted by Gasteiger charge is 2.09. The highest BCUT2D eigenvalue weighted by atomic mass is 32.1. The SMILES string of the molecule is Cc1ccccc1CNC(=O)COCc1cc(-c2cccs2)on1. The van der Waals surface area contributed by atoms with Crippen molar-refractivity contribution in [1.82, 2.24) is 10.5 Å². The van der Waals surface area contributed by atoms with Gasteiger partial charge in [-0.3, -0.25) is 4.79 Å². The van der Waals surface area contributed by atoms with Gasteiger partial charge >= 0.3 is 0 Å². The maximum absolute atomic E-state index is 11.8. The molecule has 1 N–H and O–H groups in total. The van der Waals surface area contributed by atoms with E-state index in [1.165, 1.54) is 0 Å². The van der Waals surface area contributed by atoms with E-state index in [0.717, 1.165) is 16.0 Å². The first-order chi connectivity index (χ1) is 11.7. The van der Waals surface area contributed by atoms with Gasteiger partial charge in [0.15, 0.2) is 5.76 Å². The van der Waals surface area contributed by atoms with E-state index in [1.807, 2.05) is 54.8 Å². The maximum Gasteiger partial charge on any atom is 0.246 e. The van der Waals surface area contributed by atoms with Crippen LogP contribution in [-0.4, -0.2) is 17.7 Å². The number of hydrogen-bond acceptors (Lipinski definition) is 5. The van der Waals surface area contributed by atoms with E-state index in [2.05, 4.69) is 10.5 Å². The van der Waals surface area contributed by atoms with Crippen molar-refractivity contribution in [2.45, 2.75) is 20.1 Å². The molecule has 2 heterocycles. The number of aromatic nitrogens is 1. The first-order valence-electron chi connectivity index (χ1n) is 7.61. The molecule has 2 aromatic heterocycles. The number of carbonyl (C=O) groups is 1. The smallest absolute Gasteiger partial charge is 0.246 e. The molecule has 0 radical (unpaired) electrons. The zero-order chi connectivity index (χ0) is 16.8. The molecule has 24 heavy (non-hydrogen) atoms. The minimum atomic E-state index is -0.153. The van der Waals surface area contributed by atoms with Crippen LogP contribution in [0.15, 0.2) is 52.4 Å². The van der Waals surface area contributed by atoms with Gasteiger partial charge in [0.2, 0.25) is 5.91 Å².